The van der Waals surface area contributed by atoms with Crippen LogP contribution in [0, 0.1) is 5.92 Å². The van der Waals surface area contributed by atoms with Crippen LogP contribution in [0.1, 0.15) is 25.6 Å². The molecular formula is C16H22FN3. The lowest BCUT2D eigenvalue weighted by molar-refractivity contribution is 0.184. The molecule has 0 saturated carbocycles. The van der Waals surface area contributed by atoms with Crippen LogP contribution in [0.2, 0.25) is 0 Å². The van der Waals surface area contributed by atoms with Gasteiger partial charge in [-0.05, 0) is 50.9 Å². The summed E-state index contributed by atoms with van der Waals surface area (Å²) in [7, 11) is 0. The number of aryl methyl sites for hydroxylation is 1. The van der Waals surface area contributed by atoms with Gasteiger partial charge in [0.1, 0.15) is 12.0 Å². The van der Waals surface area contributed by atoms with Gasteiger partial charge >= 0.3 is 0 Å². The predicted octanol–water partition coefficient (Wildman–Crippen LogP) is 2.94. The van der Waals surface area contributed by atoms with Gasteiger partial charge in [0, 0.05) is 13.0 Å². The number of nitrogens with zero attached hydrogens (tertiary/aromatic N) is 2. The number of hydrogen-bond donors (Lipinski definition) is 1. The third-order valence-corrected chi connectivity index (χ3v) is 4.32. The first-order chi connectivity index (χ1) is 9.79. The molecule has 2 heterocycles. The maximum absolute atomic E-state index is 14.5. The Bertz CT molecular complexity index is 572. The second kappa shape index (κ2) is 5.92. The van der Waals surface area contributed by atoms with Gasteiger partial charge in [0.2, 0.25) is 0 Å². The molecule has 1 aromatic carbocycles. The van der Waals surface area contributed by atoms with Gasteiger partial charge in [-0.3, -0.25) is 0 Å². The second-order valence-electron chi connectivity index (χ2n) is 5.57. The minimum atomic E-state index is -0.779. The van der Waals surface area contributed by atoms with Crippen LogP contribution in [0.5, 0.6) is 0 Å². The molecule has 0 spiro atoms. The summed E-state index contributed by atoms with van der Waals surface area (Å²) in [4.78, 5) is 4.63. The highest BCUT2D eigenvalue weighted by atomic mass is 19.1. The Kier molecular flexibility index (Phi) is 4.01. The fourth-order valence-corrected chi connectivity index (χ4v) is 3.18. The lowest BCUT2D eigenvalue weighted by Crippen LogP contribution is -2.33. The standard InChI is InChI=1S/C16H22FN3/c1-2-20-15-6-4-3-5-14(15)19-16(20)11-13(17)12-7-9-18-10-8-12/h3-6,12-13,18H,2,7-11H2,1H3. The number of benzene rings is 1. The molecule has 1 saturated heterocycles. The summed E-state index contributed by atoms with van der Waals surface area (Å²) in [6, 6.07) is 8.06. The van der Waals surface area contributed by atoms with Gasteiger partial charge in [0.25, 0.3) is 0 Å². The maximum atomic E-state index is 14.5. The highest BCUT2D eigenvalue weighted by molar-refractivity contribution is 5.75. The average Bonchev–Trinajstić information content (AvgIpc) is 2.85. The summed E-state index contributed by atoms with van der Waals surface area (Å²) in [5.74, 6) is 1.07. The largest absolute Gasteiger partial charge is 0.328 e. The van der Waals surface area contributed by atoms with Crippen LogP contribution in [-0.2, 0) is 13.0 Å². The van der Waals surface area contributed by atoms with E-state index in [1.807, 2.05) is 18.2 Å². The molecule has 20 heavy (non-hydrogen) atoms. The van der Waals surface area contributed by atoms with Crippen molar-refractivity contribution in [2.75, 3.05) is 13.1 Å². The van der Waals surface area contributed by atoms with Gasteiger partial charge in [-0.15, -0.1) is 0 Å². The van der Waals surface area contributed by atoms with Gasteiger partial charge < -0.3 is 9.88 Å². The summed E-state index contributed by atoms with van der Waals surface area (Å²) in [6.07, 6.45) is 1.54. The van der Waals surface area contributed by atoms with E-state index in [-0.39, 0.29) is 5.92 Å². The number of rotatable bonds is 4. The Balaban J connectivity index is 1.82. The van der Waals surface area contributed by atoms with Gasteiger partial charge in [-0.2, -0.15) is 0 Å². The normalized spacial score (nSPS) is 18.5. The van der Waals surface area contributed by atoms with Gasteiger partial charge in [-0.1, -0.05) is 12.1 Å². The molecule has 0 radical (unpaired) electrons. The van der Waals surface area contributed by atoms with E-state index in [4.69, 9.17) is 0 Å². The monoisotopic (exact) mass is 275 g/mol. The predicted molar refractivity (Wildman–Crippen MR) is 79.6 cm³/mol. The lowest BCUT2D eigenvalue weighted by atomic mass is 9.91. The smallest absolute Gasteiger partial charge is 0.112 e. The number of halogens is 1. The second-order valence-corrected chi connectivity index (χ2v) is 5.57. The maximum Gasteiger partial charge on any atom is 0.112 e. The van der Waals surface area contributed by atoms with E-state index in [0.717, 1.165) is 49.3 Å². The Labute approximate surface area is 119 Å². The van der Waals surface area contributed by atoms with Crippen molar-refractivity contribution >= 4 is 11.0 Å². The fraction of sp³-hybridized carbons (Fsp3) is 0.562. The quantitative estimate of drug-likeness (QED) is 0.929. The molecule has 3 rings (SSSR count). The number of alkyl halides is 1. The van der Waals surface area contributed by atoms with Crippen molar-refractivity contribution in [3.05, 3.63) is 30.1 Å². The van der Waals surface area contributed by atoms with Crippen molar-refractivity contribution in [1.29, 1.82) is 0 Å². The molecule has 0 aliphatic carbocycles. The van der Waals surface area contributed by atoms with E-state index in [2.05, 4.69) is 27.9 Å². The van der Waals surface area contributed by atoms with E-state index in [1.165, 1.54) is 0 Å². The zero-order chi connectivity index (χ0) is 13.9. The van der Waals surface area contributed by atoms with Crippen molar-refractivity contribution in [2.24, 2.45) is 5.92 Å². The molecule has 1 aliphatic heterocycles. The van der Waals surface area contributed by atoms with Crippen molar-refractivity contribution < 1.29 is 4.39 Å². The van der Waals surface area contributed by atoms with Gasteiger partial charge in [0.05, 0.1) is 11.0 Å². The van der Waals surface area contributed by atoms with E-state index >= 15 is 0 Å². The molecular weight excluding hydrogens is 253 g/mol. The van der Waals surface area contributed by atoms with Crippen LogP contribution < -0.4 is 5.32 Å². The third-order valence-electron chi connectivity index (χ3n) is 4.32. The highest BCUT2D eigenvalue weighted by Crippen LogP contribution is 2.24. The highest BCUT2D eigenvalue weighted by Gasteiger charge is 2.25. The van der Waals surface area contributed by atoms with Crippen LogP contribution in [0.4, 0.5) is 4.39 Å². The molecule has 3 nitrogen and oxygen atoms in total. The lowest BCUT2D eigenvalue weighted by Gasteiger charge is -2.25. The minimum absolute atomic E-state index is 0.182. The average molecular weight is 275 g/mol. The molecule has 0 bridgehead atoms. The molecule has 1 fully saturated rings. The first-order valence-electron chi connectivity index (χ1n) is 7.58. The number of nitrogens with one attached hydrogen (secondary N) is 1. The first-order valence-corrected chi connectivity index (χ1v) is 7.58. The van der Waals surface area contributed by atoms with E-state index in [1.54, 1.807) is 0 Å². The van der Waals surface area contributed by atoms with Crippen LogP contribution >= 0.6 is 0 Å². The van der Waals surface area contributed by atoms with Gasteiger partial charge in [0.15, 0.2) is 0 Å². The molecule has 1 N–H and O–H groups in total. The number of aromatic nitrogens is 2. The third kappa shape index (κ3) is 2.57. The molecule has 108 valence electrons. The number of piperidine rings is 1. The topological polar surface area (TPSA) is 29.9 Å². The van der Waals surface area contributed by atoms with Gasteiger partial charge in [-0.25, -0.2) is 9.37 Å². The van der Waals surface area contributed by atoms with E-state index < -0.39 is 6.17 Å². The summed E-state index contributed by atoms with van der Waals surface area (Å²) < 4.78 is 16.7. The molecule has 0 amide bonds. The molecule has 2 aromatic rings. The number of imidazole rings is 1. The van der Waals surface area contributed by atoms with E-state index in [9.17, 15) is 4.39 Å². The minimum Gasteiger partial charge on any atom is -0.328 e. The zero-order valence-corrected chi connectivity index (χ0v) is 12.0. The van der Waals surface area contributed by atoms with Crippen LogP contribution in [0.3, 0.4) is 0 Å². The zero-order valence-electron chi connectivity index (χ0n) is 12.0. The number of hydrogen-bond acceptors (Lipinski definition) is 2. The summed E-state index contributed by atoms with van der Waals surface area (Å²) in [6.45, 7) is 4.81. The first kappa shape index (κ1) is 13.6. The molecule has 1 aliphatic rings. The molecule has 1 atom stereocenters. The number of fused-ring (bicyclic) bond motifs is 1. The summed E-state index contributed by atoms with van der Waals surface area (Å²) >= 11 is 0. The van der Waals surface area contributed by atoms with Crippen LogP contribution in [-0.4, -0.2) is 28.8 Å². The molecule has 4 heteroatoms. The molecule has 1 unspecified atom stereocenters. The fourth-order valence-electron chi connectivity index (χ4n) is 3.18. The Morgan fingerprint density at radius 3 is 2.85 bits per heavy atom. The van der Waals surface area contributed by atoms with E-state index in [0.29, 0.717) is 6.42 Å². The van der Waals surface area contributed by atoms with Crippen molar-refractivity contribution in [3.63, 3.8) is 0 Å². The number of para-hydroxylation sites is 2. The Morgan fingerprint density at radius 1 is 1.35 bits per heavy atom. The summed E-state index contributed by atoms with van der Waals surface area (Å²) in [5, 5.41) is 3.29. The Hall–Kier alpha value is -1.42. The van der Waals surface area contributed by atoms with Crippen molar-refractivity contribution in [1.82, 2.24) is 14.9 Å². The summed E-state index contributed by atoms with van der Waals surface area (Å²) in [5.41, 5.74) is 2.09. The van der Waals surface area contributed by atoms with Crippen molar-refractivity contribution in [2.45, 2.75) is 38.9 Å². The van der Waals surface area contributed by atoms with Crippen LogP contribution in [0.25, 0.3) is 11.0 Å². The Morgan fingerprint density at radius 2 is 2.10 bits per heavy atom. The van der Waals surface area contributed by atoms with Crippen LogP contribution in [0.15, 0.2) is 24.3 Å². The molecule has 1 aromatic heterocycles. The van der Waals surface area contributed by atoms with Crippen molar-refractivity contribution in [3.8, 4) is 0 Å². The SMILES string of the molecule is CCn1c(CC(F)C2CCNCC2)nc2ccccc21.